The van der Waals surface area contributed by atoms with Gasteiger partial charge in [0.25, 0.3) is 5.91 Å². The van der Waals surface area contributed by atoms with Gasteiger partial charge in [-0.05, 0) is 32.2 Å². The Bertz CT molecular complexity index is 1370. The van der Waals surface area contributed by atoms with Gasteiger partial charge < -0.3 is 25.4 Å². The Morgan fingerprint density at radius 3 is 2.44 bits per heavy atom. The van der Waals surface area contributed by atoms with Crippen molar-refractivity contribution in [1.82, 2.24) is 24.8 Å². The van der Waals surface area contributed by atoms with Crippen LogP contribution < -0.4 is 10.6 Å². The average Bonchev–Trinajstić information content (AvgIpc) is 2.90. The summed E-state index contributed by atoms with van der Waals surface area (Å²) in [4.78, 5) is 67.2. The minimum atomic E-state index is -3.79. The number of carbonyl (C=O) groups is 5. The monoisotopic (exact) mass is 561 g/mol. The summed E-state index contributed by atoms with van der Waals surface area (Å²) < 4.78 is 26.7. The first-order valence-electron chi connectivity index (χ1n) is 12.3. The zero-order valence-electron chi connectivity index (χ0n) is 21.7. The predicted molar refractivity (Wildman–Crippen MR) is 140 cm³/mol. The molecule has 0 aliphatic carbocycles. The molecule has 0 spiro atoms. The van der Waals surface area contributed by atoms with Crippen LogP contribution in [0.2, 0.25) is 0 Å². The highest BCUT2D eigenvalue weighted by molar-refractivity contribution is 7.89. The van der Waals surface area contributed by atoms with Crippen molar-refractivity contribution in [3.8, 4) is 0 Å². The van der Waals surface area contributed by atoms with Crippen molar-refractivity contribution in [3.63, 3.8) is 0 Å². The molecule has 3 unspecified atom stereocenters. The van der Waals surface area contributed by atoms with Crippen LogP contribution >= 0.6 is 0 Å². The molecule has 13 nitrogen and oxygen atoms in total. The van der Waals surface area contributed by atoms with E-state index in [2.05, 4.69) is 15.6 Å². The minimum absolute atomic E-state index is 0.0895. The SMILES string of the molecule is CC(NC(=O)c1nccc2ccccc12)C(=O)N1CCN(S(=O)(=O)C(C)C)CC1C(=O)NC(C=O)CC(=O)O. The predicted octanol–water partition coefficient (Wildman–Crippen LogP) is -0.237. The summed E-state index contributed by atoms with van der Waals surface area (Å²) in [5.41, 5.74) is 0.109. The Kier molecular flexibility index (Phi) is 9.35. The van der Waals surface area contributed by atoms with E-state index in [-0.39, 0.29) is 25.1 Å². The third-order valence-electron chi connectivity index (χ3n) is 6.38. The molecule has 2 heterocycles. The molecule has 1 aliphatic heterocycles. The van der Waals surface area contributed by atoms with E-state index >= 15 is 0 Å². The molecular formula is C25H31N5O8S. The van der Waals surface area contributed by atoms with Crippen LogP contribution in [0.3, 0.4) is 0 Å². The molecule has 1 saturated heterocycles. The Balaban J connectivity index is 1.84. The molecule has 0 bridgehead atoms. The second-order valence-electron chi connectivity index (χ2n) is 9.42. The van der Waals surface area contributed by atoms with Gasteiger partial charge in [-0.15, -0.1) is 0 Å². The first-order chi connectivity index (χ1) is 18.4. The number of nitrogens with one attached hydrogen (secondary N) is 2. The van der Waals surface area contributed by atoms with Crippen LogP contribution in [0.1, 0.15) is 37.7 Å². The average molecular weight is 562 g/mol. The smallest absolute Gasteiger partial charge is 0.305 e. The maximum Gasteiger partial charge on any atom is 0.305 e. The van der Waals surface area contributed by atoms with Crippen molar-refractivity contribution in [2.24, 2.45) is 0 Å². The number of piperazine rings is 1. The van der Waals surface area contributed by atoms with E-state index in [1.54, 1.807) is 18.2 Å². The molecule has 0 radical (unpaired) electrons. The van der Waals surface area contributed by atoms with Gasteiger partial charge in [0.1, 0.15) is 24.1 Å². The molecular weight excluding hydrogens is 530 g/mol. The lowest BCUT2D eigenvalue weighted by Crippen LogP contribution is -2.65. The van der Waals surface area contributed by atoms with E-state index in [0.29, 0.717) is 5.39 Å². The maximum absolute atomic E-state index is 13.4. The van der Waals surface area contributed by atoms with Crippen LogP contribution in [0.4, 0.5) is 0 Å². The molecule has 3 N–H and O–H groups in total. The number of aromatic nitrogens is 1. The molecule has 1 fully saturated rings. The molecule has 2 aromatic rings. The molecule has 39 heavy (non-hydrogen) atoms. The molecule has 1 aromatic carbocycles. The van der Waals surface area contributed by atoms with Crippen LogP contribution in [0.25, 0.3) is 10.8 Å². The van der Waals surface area contributed by atoms with E-state index < -0.39 is 70.1 Å². The van der Waals surface area contributed by atoms with E-state index in [1.807, 2.05) is 12.1 Å². The van der Waals surface area contributed by atoms with Gasteiger partial charge in [-0.2, -0.15) is 4.31 Å². The van der Waals surface area contributed by atoms with E-state index in [4.69, 9.17) is 5.11 Å². The van der Waals surface area contributed by atoms with Crippen molar-refractivity contribution in [2.45, 2.75) is 50.6 Å². The number of fused-ring (bicyclic) bond motifs is 1. The van der Waals surface area contributed by atoms with E-state index in [9.17, 15) is 32.4 Å². The number of hydrogen-bond acceptors (Lipinski definition) is 8. The number of sulfonamides is 1. The molecule has 1 aromatic heterocycles. The van der Waals surface area contributed by atoms with Crippen LogP contribution in [-0.2, 0) is 29.2 Å². The fourth-order valence-electron chi connectivity index (χ4n) is 4.25. The summed E-state index contributed by atoms with van der Waals surface area (Å²) in [7, 11) is -3.79. The number of carbonyl (C=O) groups excluding carboxylic acids is 4. The highest BCUT2D eigenvalue weighted by Crippen LogP contribution is 2.19. The molecule has 1 aliphatic rings. The van der Waals surface area contributed by atoms with Crippen LogP contribution in [0.15, 0.2) is 36.5 Å². The summed E-state index contributed by atoms with van der Waals surface area (Å²) in [6.45, 7) is 3.74. The third kappa shape index (κ3) is 6.75. The van der Waals surface area contributed by atoms with E-state index in [0.717, 1.165) is 14.6 Å². The van der Waals surface area contributed by atoms with Crippen molar-refractivity contribution in [1.29, 1.82) is 0 Å². The number of hydrogen-bond donors (Lipinski definition) is 3. The van der Waals surface area contributed by atoms with Gasteiger partial charge in [0.05, 0.1) is 17.7 Å². The fourth-order valence-corrected chi connectivity index (χ4v) is 5.53. The first kappa shape index (κ1) is 29.6. The summed E-state index contributed by atoms with van der Waals surface area (Å²) in [5, 5.41) is 14.4. The third-order valence-corrected chi connectivity index (χ3v) is 8.62. The minimum Gasteiger partial charge on any atom is -0.481 e. The second kappa shape index (κ2) is 12.3. The summed E-state index contributed by atoms with van der Waals surface area (Å²) >= 11 is 0. The van der Waals surface area contributed by atoms with Crippen LogP contribution in [0, 0.1) is 0 Å². The molecule has 3 amide bonds. The Morgan fingerprint density at radius 1 is 1.10 bits per heavy atom. The quantitative estimate of drug-likeness (QED) is 0.330. The van der Waals surface area contributed by atoms with Gasteiger partial charge in [0, 0.05) is 31.2 Å². The number of rotatable bonds is 10. The number of benzene rings is 1. The number of pyridine rings is 1. The van der Waals surface area contributed by atoms with Gasteiger partial charge in [-0.3, -0.25) is 24.2 Å². The molecule has 3 atom stereocenters. The van der Waals surface area contributed by atoms with Crippen molar-refractivity contribution < 1.29 is 37.5 Å². The maximum atomic E-state index is 13.4. The number of carboxylic acids is 1. The van der Waals surface area contributed by atoms with Crippen molar-refractivity contribution in [3.05, 3.63) is 42.2 Å². The molecule has 0 saturated carbocycles. The molecule has 14 heteroatoms. The highest BCUT2D eigenvalue weighted by atomic mass is 32.2. The molecule has 210 valence electrons. The summed E-state index contributed by atoms with van der Waals surface area (Å²) in [5.74, 6) is -3.49. The van der Waals surface area contributed by atoms with Gasteiger partial charge >= 0.3 is 5.97 Å². The lowest BCUT2D eigenvalue weighted by molar-refractivity contribution is -0.145. The Morgan fingerprint density at radius 2 is 1.79 bits per heavy atom. The van der Waals surface area contributed by atoms with Crippen molar-refractivity contribution in [2.75, 3.05) is 19.6 Å². The summed E-state index contributed by atoms with van der Waals surface area (Å²) in [6, 6.07) is 4.97. The standard InChI is InChI=1S/C25H31N5O8S/c1-15(2)39(37,38)29-10-11-30(20(13-29)23(34)28-18(14-31)12-21(32)33)25(36)16(3)27-24(35)22-19-7-5-4-6-17(19)8-9-26-22/h4-9,14-16,18,20H,10-13H2,1-3H3,(H,27,35)(H,28,34)(H,32,33). The topological polar surface area (TPSA) is 183 Å². The van der Waals surface area contributed by atoms with Gasteiger partial charge in [0.2, 0.25) is 21.8 Å². The second-order valence-corrected chi connectivity index (χ2v) is 11.9. The van der Waals surface area contributed by atoms with Crippen LogP contribution in [0.5, 0.6) is 0 Å². The number of amides is 3. The zero-order chi connectivity index (χ0) is 28.9. The number of aliphatic carboxylic acids is 1. The summed E-state index contributed by atoms with van der Waals surface area (Å²) in [6.07, 6.45) is 1.04. The lowest BCUT2D eigenvalue weighted by Gasteiger charge is -2.41. The Labute approximate surface area is 225 Å². The number of carboxylic acid groups (broad SMARTS) is 1. The number of nitrogens with zero attached hydrogens (tertiary/aromatic N) is 3. The van der Waals surface area contributed by atoms with Crippen molar-refractivity contribution >= 4 is 50.8 Å². The van der Waals surface area contributed by atoms with E-state index in [1.165, 1.54) is 27.0 Å². The first-order valence-corrected chi connectivity index (χ1v) is 13.8. The number of aldehydes is 1. The van der Waals surface area contributed by atoms with Gasteiger partial charge in [-0.1, -0.05) is 24.3 Å². The lowest BCUT2D eigenvalue weighted by atomic mass is 10.1. The largest absolute Gasteiger partial charge is 0.481 e. The zero-order valence-corrected chi connectivity index (χ0v) is 22.6. The fraction of sp³-hybridized carbons (Fsp3) is 0.440. The van der Waals surface area contributed by atoms with Gasteiger partial charge in [-0.25, -0.2) is 8.42 Å². The highest BCUT2D eigenvalue weighted by Gasteiger charge is 2.42. The normalized spacial score (nSPS) is 17.8. The van der Waals surface area contributed by atoms with Crippen LogP contribution in [-0.4, -0.2) is 101 Å². The Hall–Kier alpha value is -3.91. The van der Waals surface area contributed by atoms with Gasteiger partial charge in [0.15, 0.2) is 0 Å². The molecule has 3 rings (SSSR count).